The minimum atomic E-state index is -0.169. The summed E-state index contributed by atoms with van der Waals surface area (Å²) in [5.74, 6) is 0. The van der Waals surface area contributed by atoms with Crippen LogP contribution in [0.2, 0.25) is 0 Å². The van der Waals surface area contributed by atoms with Gasteiger partial charge in [-0.2, -0.15) is 0 Å². The molecule has 1 aliphatic rings. The number of hydrogen-bond donors (Lipinski definition) is 2. The molecule has 1 saturated heterocycles. The van der Waals surface area contributed by atoms with Gasteiger partial charge in [0.15, 0.2) is 0 Å². The zero-order valence-corrected chi connectivity index (χ0v) is 5.22. The van der Waals surface area contributed by atoms with E-state index >= 15 is 0 Å². The predicted octanol–water partition coefficient (Wildman–Crippen LogP) is 0.119. The Kier molecular flexibility index (Phi) is 1.86. The summed E-state index contributed by atoms with van der Waals surface area (Å²) in [6.07, 6.45) is 2.19. The second kappa shape index (κ2) is 2.46. The molecule has 0 radical (unpaired) electrons. The van der Waals surface area contributed by atoms with Crippen molar-refractivity contribution in [3.05, 3.63) is 0 Å². The van der Waals surface area contributed by atoms with Crippen LogP contribution in [-0.2, 0) is 0 Å². The van der Waals surface area contributed by atoms with Crippen molar-refractivity contribution in [2.24, 2.45) is 0 Å². The zero-order valence-electron chi connectivity index (χ0n) is 5.22. The molecule has 0 saturated carbocycles. The van der Waals surface area contributed by atoms with Gasteiger partial charge in [0.05, 0.1) is 6.10 Å². The molecule has 1 heterocycles. The van der Waals surface area contributed by atoms with Gasteiger partial charge in [-0.15, -0.1) is 0 Å². The van der Waals surface area contributed by atoms with E-state index in [4.69, 9.17) is 5.11 Å². The van der Waals surface area contributed by atoms with E-state index in [0.29, 0.717) is 6.04 Å². The normalized spacial score (nSPS) is 33.0. The van der Waals surface area contributed by atoms with Gasteiger partial charge in [0.1, 0.15) is 0 Å². The molecule has 0 aromatic carbocycles. The first-order chi connectivity index (χ1) is 3.80. The monoisotopic (exact) mass is 115 g/mol. The third kappa shape index (κ3) is 1.20. The molecule has 0 bridgehead atoms. The van der Waals surface area contributed by atoms with Crippen molar-refractivity contribution in [2.75, 3.05) is 6.54 Å². The van der Waals surface area contributed by atoms with E-state index in [-0.39, 0.29) is 6.10 Å². The van der Waals surface area contributed by atoms with E-state index < -0.39 is 0 Å². The fourth-order valence-corrected chi connectivity index (χ4v) is 1.12. The van der Waals surface area contributed by atoms with E-state index in [2.05, 4.69) is 5.32 Å². The lowest BCUT2D eigenvalue weighted by molar-refractivity contribution is 0.154. The Balaban J connectivity index is 2.24. The maximum atomic E-state index is 8.99. The van der Waals surface area contributed by atoms with E-state index in [0.717, 1.165) is 13.0 Å². The lowest BCUT2D eigenvalue weighted by Crippen LogP contribution is -2.32. The molecular weight excluding hydrogens is 102 g/mol. The Morgan fingerprint density at radius 2 is 2.50 bits per heavy atom. The van der Waals surface area contributed by atoms with Crippen LogP contribution in [0, 0.1) is 0 Å². The summed E-state index contributed by atoms with van der Waals surface area (Å²) < 4.78 is 0. The minimum absolute atomic E-state index is 0.169. The lowest BCUT2D eigenvalue weighted by Gasteiger charge is -2.11. The fraction of sp³-hybridized carbons (Fsp3) is 1.00. The van der Waals surface area contributed by atoms with Gasteiger partial charge in [-0.25, -0.2) is 0 Å². The fourth-order valence-electron chi connectivity index (χ4n) is 1.12. The van der Waals surface area contributed by atoms with Gasteiger partial charge in [0.2, 0.25) is 0 Å². The summed E-state index contributed by atoms with van der Waals surface area (Å²) in [6.45, 7) is 2.92. The average Bonchev–Trinajstić information content (AvgIpc) is 2.12. The Morgan fingerprint density at radius 3 is 2.75 bits per heavy atom. The van der Waals surface area contributed by atoms with Crippen LogP contribution in [0.5, 0.6) is 0 Å². The van der Waals surface area contributed by atoms with Crippen LogP contribution in [0.25, 0.3) is 0 Å². The molecule has 2 heteroatoms. The maximum absolute atomic E-state index is 8.99. The highest BCUT2D eigenvalue weighted by atomic mass is 16.3. The molecule has 0 aromatic rings. The van der Waals surface area contributed by atoms with Crippen molar-refractivity contribution < 1.29 is 5.11 Å². The van der Waals surface area contributed by atoms with Gasteiger partial charge in [-0.1, -0.05) is 0 Å². The smallest absolute Gasteiger partial charge is 0.0665 e. The predicted molar refractivity (Wildman–Crippen MR) is 32.7 cm³/mol. The van der Waals surface area contributed by atoms with Crippen molar-refractivity contribution >= 4 is 0 Å². The van der Waals surface area contributed by atoms with Crippen molar-refractivity contribution in [1.82, 2.24) is 5.32 Å². The van der Waals surface area contributed by atoms with Crippen LogP contribution in [0.1, 0.15) is 19.8 Å². The molecule has 48 valence electrons. The number of aliphatic hydroxyl groups is 1. The highest BCUT2D eigenvalue weighted by Gasteiger charge is 2.17. The molecule has 0 unspecified atom stereocenters. The SMILES string of the molecule is C[C@H](O)[C@@H]1CCCN1. The average molecular weight is 115 g/mol. The molecule has 2 N–H and O–H groups in total. The third-order valence-electron chi connectivity index (χ3n) is 1.68. The van der Waals surface area contributed by atoms with Gasteiger partial charge in [-0.3, -0.25) is 0 Å². The Bertz CT molecular complexity index is 66.9. The van der Waals surface area contributed by atoms with Crippen LogP contribution >= 0.6 is 0 Å². The number of rotatable bonds is 1. The molecule has 1 fully saturated rings. The molecule has 0 aromatic heterocycles. The van der Waals surface area contributed by atoms with Crippen molar-refractivity contribution in [3.63, 3.8) is 0 Å². The molecule has 1 rings (SSSR count). The molecule has 0 aliphatic carbocycles. The van der Waals surface area contributed by atoms with E-state index in [1.165, 1.54) is 6.42 Å². The highest BCUT2D eigenvalue weighted by Crippen LogP contribution is 2.07. The van der Waals surface area contributed by atoms with Crippen LogP contribution in [0.15, 0.2) is 0 Å². The molecule has 8 heavy (non-hydrogen) atoms. The standard InChI is InChI=1S/C6H13NO/c1-5(8)6-3-2-4-7-6/h5-8H,2-4H2,1H3/t5-,6-/m0/s1. The first-order valence-corrected chi connectivity index (χ1v) is 3.22. The van der Waals surface area contributed by atoms with Gasteiger partial charge in [0, 0.05) is 6.04 Å². The highest BCUT2D eigenvalue weighted by molar-refractivity contribution is 4.77. The molecule has 0 spiro atoms. The van der Waals surface area contributed by atoms with Crippen LogP contribution in [0.3, 0.4) is 0 Å². The number of hydrogen-bond acceptors (Lipinski definition) is 2. The Morgan fingerprint density at radius 1 is 1.75 bits per heavy atom. The van der Waals surface area contributed by atoms with Crippen molar-refractivity contribution in [2.45, 2.75) is 31.9 Å². The summed E-state index contributed by atoms with van der Waals surface area (Å²) in [6, 6.07) is 0.370. The van der Waals surface area contributed by atoms with Gasteiger partial charge in [-0.05, 0) is 26.3 Å². The van der Waals surface area contributed by atoms with Gasteiger partial charge in [0.25, 0.3) is 0 Å². The Labute approximate surface area is 49.9 Å². The van der Waals surface area contributed by atoms with E-state index in [1.807, 2.05) is 6.92 Å². The third-order valence-corrected chi connectivity index (χ3v) is 1.68. The zero-order chi connectivity index (χ0) is 5.98. The summed E-state index contributed by atoms with van der Waals surface area (Å²) >= 11 is 0. The molecular formula is C6H13NO. The summed E-state index contributed by atoms with van der Waals surface area (Å²) in [5.41, 5.74) is 0. The minimum Gasteiger partial charge on any atom is -0.392 e. The van der Waals surface area contributed by atoms with Crippen LogP contribution in [0.4, 0.5) is 0 Å². The quantitative estimate of drug-likeness (QED) is 0.508. The first-order valence-electron chi connectivity index (χ1n) is 3.22. The summed E-state index contributed by atoms with van der Waals surface area (Å²) in [7, 11) is 0. The summed E-state index contributed by atoms with van der Waals surface area (Å²) in [4.78, 5) is 0. The topological polar surface area (TPSA) is 32.3 Å². The second-order valence-corrected chi connectivity index (χ2v) is 2.44. The van der Waals surface area contributed by atoms with E-state index in [9.17, 15) is 0 Å². The molecule has 1 aliphatic heterocycles. The first kappa shape index (κ1) is 6.05. The maximum Gasteiger partial charge on any atom is 0.0665 e. The molecule has 2 nitrogen and oxygen atoms in total. The van der Waals surface area contributed by atoms with Crippen molar-refractivity contribution in [1.29, 1.82) is 0 Å². The van der Waals surface area contributed by atoms with Gasteiger partial charge < -0.3 is 10.4 Å². The molecule has 0 amide bonds. The Hall–Kier alpha value is -0.0800. The lowest BCUT2D eigenvalue weighted by atomic mass is 10.1. The summed E-state index contributed by atoms with van der Waals surface area (Å²) in [5, 5.41) is 12.2. The molecule has 2 atom stereocenters. The van der Waals surface area contributed by atoms with E-state index in [1.54, 1.807) is 0 Å². The van der Waals surface area contributed by atoms with Crippen LogP contribution in [-0.4, -0.2) is 23.8 Å². The number of nitrogens with one attached hydrogen (secondary N) is 1. The van der Waals surface area contributed by atoms with Gasteiger partial charge >= 0.3 is 0 Å². The largest absolute Gasteiger partial charge is 0.392 e. The number of aliphatic hydroxyl groups excluding tert-OH is 1. The van der Waals surface area contributed by atoms with Crippen molar-refractivity contribution in [3.8, 4) is 0 Å². The second-order valence-electron chi connectivity index (χ2n) is 2.44. The van der Waals surface area contributed by atoms with Crippen LogP contribution < -0.4 is 5.32 Å².